The van der Waals surface area contributed by atoms with Gasteiger partial charge in [-0.1, -0.05) is 36.4 Å². The van der Waals surface area contributed by atoms with Crippen molar-refractivity contribution in [3.8, 4) is 0 Å². The van der Waals surface area contributed by atoms with E-state index >= 15 is 0 Å². The SMILES string of the molecule is C=C/C=C/c1cnccc1Cl. The van der Waals surface area contributed by atoms with Crippen LogP contribution < -0.4 is 0 Å². The van der Waals surface area contributed by atoms with E-state index in [9.17, 15) is 0 Å². The third-order valence-corrected chi connectivity index (χ3v) is 1.55. The highest BCUT2D eigenvalue weighted by molar-refractivity contribution is 6.32. The van der Waals surface area contributed by atoms with Crippen molar-refractivity contribution in [1.82, 2.24) is 4.98 Å². The summed E-state index contributed by atoms with van der Waals surface area (Å²) >= 11 is 5.83. The topological polar surface area (TPSA) is 12.9 Å². The van der Waals surface area contributed by atoms with Crippen molar-refractivity contribution in [3.05, 3.63) is 47.8 Å². The minimum atomic E-state index is 0.707. The van der Waals surface area contributed by atoms with Gasteiger partial charge in [-0.2, -0.15) is 0 Å². The predicted molar refractivity (Wildman–Crippen MR) is 48.5 cm³/mol. The highest BCUT2D eigenvalue weighted by Crippen LogP contribution is 2.14. The van der Waals surface area contributed by atoms with Crippen molar-refractivity contribution in [3.63, 3.8) is 0 Å². The van der Waals surface area contributed by atoms with Crippen LogP contribution in [0.15, 0.2) is 37.2 Å². The molecular formula is C9H8ClN. The van der Waals surface area contributed by atoms with Gasteiger partial charge < -0.3 is 0 Å². The molecule has 0 aliphatic heterocycles. The van der Waals surface area contributed by atoms with E-state index in [1.807, 2.05) is 12.2 Å². The van der Waals surface area contributed by atoms with Gasteiger partial charge in [-0.05, 0) is 6.07 Å². The molecule has 1 nitrogen and oxygen atoms in total. The fourth-order valence-corrected chi connectivity index (χ4v) is 0.852. The lowest BCUT2D eigenvalue weighted by molar-refractivity contribution is 1.32. The Morgan fingerprint density at radius 1 is 1.55 bits per heavy atom. The van der Waals surface area contributed by atoms with Crippen LogP contribution in [0.4, 0.5) is 0 Å². The number of nitrogens with zero attached hydrogens (tertiary/aromatic N) is 1. The Labute approximate surface area is 71.0 Å². The van der Waals surface area contributed by atoms with Gasteiger partial charge in [-0.15, -0.1) is 0 Å². The zero-order chi connectivity index (χ0) is 8.10. The minimum absolute atomic E-state index is 0.707. The Balaban J connectivity index is 2.94. The fourth-order valence-electron chi connectivity index (χ4n) is 0.684. The number of halogens is 1. The lowest BCUT2D eigenvalue weighted by Crippen LogP contribution is -1.75. The molecule has 0 N–H and O–H groups in total. The molecule has 0 aromatic carbocycles. The van der Waals surface area contributed by atoms with E-state index in [0.29, 0.717) is 5.02 Å². The average molecular weight is 166 g/mol. The zero-order valence-corrected chi connectivity index (χ0v) is 6.75. The first-order chi connectivity index (χ1) is 5.34. The first-order valence-corrected chi connectivity index (χ1v) is 3.61. The van der Waals surface area contributed by atoms with E-state index < -0.39 is 0 Å². The normalized spacial score (nSPS) is 10.3. The van der Waals surface area contributed by atoms with Gasteiger partial charge in [0.05, 0.1) is 5.02 Å². The highest BCUT2D eigenvalue weighted by Gasteiger charge is 1.91. The maximum atomic E-state index is 5.83. The van der Waals surface area contributed by atoms with Gasteiger partial charge in [-0.3, -0.25) is 4.98 Å². The summed E-state index contributed by atoms with van der Waals surface area (Å²) in [5, 5.41) is 0.707. The van der Waals surface area contributed by atoms with E-state index in [1.54, 1.807) is 24.5 Å². The van der Waals surface area contributed by atoms with E-state index in [4.69, 9.17) is 11.6 Å². The van der Waals surface area contributed by atoms with Crippen molar-refractivity contribution in [2.24, 2.45) is 0 Å². The molecule has 0 fully saturated rings. The van der Waals surface area contributed by atoms with Gasteiger partial charge in [0.2, 0.25) is 0 Å². The summed E-state index contributed by atoms with van der Waals surface area (Å²) < 4.78 is 0. The van der Waals surface area contributed by atoms with Crippen molar-refractivity contribution in [1.29, 1.82) is 0 Å². The largest absolute Gasteiger partial charge is 0.264 e. The average Bonchev–Trinajstić information content (AvgIpc) is 2.03. The summed E-state index contributed by atoms with van der Waals surface area (Å²) in [7, 11) is 0. The molecule has 56 valence electrons. The Hall–Kier alpha value is -1.08. The summed E-state index contributed by atoms with van der Waals surface area (Å²) in [4.78, 5) is 3.93. The molecular weight excluding hydrogens is 158 g/mol. The van der Waals surface area contributed by atoms with Crippen LogP contribution in [0.1, 0.15) is 5.56 Å². The predicted octanol–water partition coefficient (Wildman–Crippen LogP) is 2.93. The number of aromatic nitrogens is 1. The van der Waals surface area contributed by atoms with Crippen LogP contribution in [-0.2, 0) is 0 Å². The molecule has 1 aromatic rings. The van der Waals surface area contributed by atoms with Crippen LogP contribution in [0.2, 0.25) is 5.02 Å². The summed E-state index contributed by atoms with van der Waals surface area (Å²) in [6.45, 7) is 3.56. The zero-order valence-electron chi connectivity index (χ0n) is 6.00. The van der Waals surface area contributed by atoms with Crippen molar-refractivity contribution in [2.75, 3.05) is 0 Å². The maximum absolute atomic E-state index is 5.83. The Morgan fingerprint density at radius 2 is 2.36 bits per heavy atom. The standard InChI is InChI=1S/C9H8ClN/c1-2-3-4-8-7-11-6-5-9(8)10/h2-7H,1H2/b4-3+. The maximum Gasteiger partial charge on any atom is 0.0509 e. The Kier molecular flexibility index (Phi) is 2.87. The van der Waals surface area contributed by atoms with Crippen LogP contribution in [0.5, 0.6) is 0 Å². The molecule has 0 amide bonds. The molecule has 1 rings (SSSR count). The van der Waals surface area contributed by atoms with Crippen molar-refractivity contribution in [2.45, 2.75) is 0 Å². The first-order valence-electron chi connectivity index (χ1n) is 3.23. The van der Waals surface area contributed by atoms with Crippen molar-refractivity contribution >= 4 is 17.7 Å². The second-order valence-electron chi connectivity index (χ2n) is 1.99. The number of hydrogen-bond donors (Lipinski definition) is 0. The fraction of sp³-hybridized carbons (Fsp3) is 0. The lowest BCUT2D eigenvalue weighted by atomic mass is 10.2. The van der Waals surface area contributed by atoms with E-state index in [1.165, 1.54) is 0 Å². The van der Waals surface area contributed by atoms with Gasteiger partial charge in [0.1, 0.15) is 0 Å². The molecule has 0 aliphatic carbocycles. The Morgan fingerprint density at radius 3 is 3.00 bits per heavy atom. The van der Waals surface area contributed by atoms with Gasteiger partial charge in [-0.25, -0.2) is 0 Å². The third kappa shape index (κ3) is 2.20. The minimum Gasteiger partial charge on any atom is -0.264 e. The molecule has 0 bridgehead atoms. The molecule has 1 aromatic heterocycles. The van der Waals surface area contributed by atoms with Crippen LogP contribution >= 0.6 is 11.6 Å². The molecule has 0 spiro atoms. The quantitative estimate of drug-likeness (QED) is 0.614. The molecule has 0 saturated carbocycles. The molecule has 0 unspecified atom stereocenters. The highest BCUT2D eigenvalue weighted by atomic mass is 35.5. The summed E-state index contributed by atoms with van der Waals surface area (Å²) in [6.07, 6.45) is 8.75. The molecule has 0 aliphatic rings. The molecule has 11 heavy (non-hydrogen) atoms. The van der Waals surface area contributed by atoms with Crippen LogP contribution in [0.3, 0.4) is 0 Å². The van der Waals surface area contributed by atoms with Gasteiger partial charge in [0.25, 0.3) is 0 Å². The van der Waals surface area contributed by atoms with Crippen LogP contribution in [-0.4, -0.2) is 4.98 Å². The second-order valence-corrected chi connectivity index (χ2v) is 2.40. The molecule has 0 radical (unpaired) electrons. The van der Waals surface area contributed by atoms with Gasteiger partial charge in [0, 0.05) is 18.0 Å². The molecule has 0 atom stereocenters. The molecule has 0 saturated heterocycles. The molecule has 1 heterocycles. The number of pyridine rings is 1. The smallest absolute Gasteiger partial charge is 0.0509 e. The summed E-state index contributed by atoms with van der Waals surface area (Å²) in [5.41, 5.74) is 0.911. The number of allylic oxidation sites excluding steroid dienone is 2. The van der Waals surface area contributed by atoms with Crippen LogP contribution in [0.25, 0.3) is 6.08 Å². The lowest BCUT2D eigenvalue weighted by Gasteiger charge is -1.93. The van der Waals surface area contributed by atoms with Gasteiger partial charge in [0.15, 0.2) is 0 Å². The second kappa shape index (κ2) is 3.94. The van der Waals surface area contributed by atoms with E-state index in [2.05, 4.69) is 11.6 Å². The summed E-state index contributed by atoms with van der Waals surface area (Å²) in [6, 6.07) is 1.75. The molecule has 2 heteroatoms. The first kappa shape index (κ1) is 8.02. The number of rotatable bonds is 2. The van der Waals surface area contributed by atoms with E-state index in [0.717, 1.165) is 5.56 Å². The monoisotopic (exact) mass is 165 g/mol. The third-order valence-electron chi connectivity index (χ3n) is 1.21. The van der Waals surface area contributed by atoms with Gasteiger partial charge >= 0.3 is 0 Å². The van der Waals surface area contributed by atoms with Crippen molar-refractivity contribution < 1.29 is 0 Å². The summed E-state index contributed by atoms with van der Waals surface area (Å²) in [5.74, 6) is 0. The Bertz CT molecular complexity index is 279. The number of hydrogen-bond acceptors (Lipinski definition) is 1. The van der Waals surface area contributed by atoms with E-state index in [-0.39, 0.29) is 0 Å². The van der Waals surface area contributed by atoms with Crippen LogP contribution in [0, 0.1) is 0 Å².